The minimum atomic E-state index is -0.116. The predicted molar refractivity (Wildman–Crippen MR) is 117 cm³/mol. The number of nitrogens with one attached hydrogen (secondary N) is 1. The molecule has 30 heavy (non-hydrogen) atoms. The van der Waals surface area contributed by atoms with Gasteiger partial charge in [-0.2, -0.15) is 0 Å². The van der Waals surface area contributed by atoms with Gasteiger partial charge in [-0.25, -0.2) is 4.68 Å². The fourth-order valence-electron chi connectivity index (χ4n) is 4.36. The van der Waals surface area contributed by atoms with Crippen molar-refractivity contribution >= 4 is 0 Å². The Balaban J connectivity index is 1.84. The zero-order chi connectivity index (χ0) is 21.3. The molecular formula is C22H36N6O2. The Morgan fingerprint density at radius 1 is 1.20 bits per heavy atom. The molecule has 1 heterocycles. The quantitative estimate of drug-likeness (QED) is 0.581. The zero-order valence-electron chi connectivity index (χ0n) is 18.5. The van der Waals surface area contributed by atoms with Gasteiger partial charge in [0, 0.05) is 6.54 Å². The number of nitrogens with two attached hydrogens (primary N) is 1. The molecule has 0 radical (unpaired) electrons. The van der Waals surface area contributed by atoms with Crippen molar-refractivity contribution in [3.05, 3.63) is 29.6 Å². The minimum absolute atomic E-state index is 0.116. The number of ether oxygens (including phenoxy) is 2. The lowest BCUT2D eigenvalue weighted by molar-refractivity contribution is 0.259. The van der Waals surface area contributed by atoms with Gasteiger partial charge in [0.15, 0.2) is 17.3 Å². The third kappa shape index (κ3) is 5.49. The van der Waals surface area contributed by atoms with E-state index in [2.05, 4.69) is 33.8 Å². The molecule has 0 saturated heterocycles. The Labute approximate surface area is 179 Å². The van der Waals surface area contributed by atoms with Gasteiger partial charge < -0.3 is 20.5 Å². The van der Waals surface area contributed by atoms with E-state index in [9.17, 15) is 0 Å². The predicted octanol–water partition coefficient (Wildman–Crippen LogP) is 2.93. The third-order valence-corrected chi connectivity index (χ3v) is 6.12. The van der Waals surface area contributed by atoms with Crippen LogP contribution in [0.2, 0.25) is 0 Å². The Hall–Kier alpha value is -2.19. The summed E-state index contributed by atoms with van der Waals surface area (Å²) in [6, 6.07) is 5.89. The van der Waals surface area contributed by atoms with Crippen LogP contribution in [0.1, 0.15) is 62.9 Å². The molecule has 1 aliphatic carbocycles. The summed E-state index contributed by atoms with van der Waals surface area (Å²) in [5, 5.41) is 16.4. The molecule has 3 rings (SSSR count). The van der Waals surface area contributed by atoms with Gasteiger partial charge in [0.2, 0.25) is 0 Å². The molecule has 3 N–H and O–H groups in total. The highest BCUT2D eigenvalue weighted by atomic mass is 16.5. The van der Waals surface area contributed by atoms with Crippen molar-refractivity contribution in [2.45, 2.75) is 58.0 Å². The summed E-state index contributed by atoms with van der Waals surface area (Å²) in [6.45, 7) is 4.68. The maximum Gasteiger partial charge on any atom is 0.172 e. The molecule has 1 fully saturated rings. The first-order chi connectivity index (χ1) is 14.7. The third-order valence-electron chi connectivity index (χ3n) is 6.12. The number of rotatable bonds is 11. The van der Waals surface area contributed by atoms with Crippen LogP contribution in [0.3, 0.4) is 0 Å². The number of unbranched alkanes of at least 4 members (excludes halogenated alkanes) is 1. The number of tetrazole rings is 1. The van der Waals surface area contributed by atoms with Gasteiger partial charge in [0.05, 0.1) is 20.3 Å². The van der Waals surface area contributed by atoms with E-state index in [-0.39, 0.29) is 6.04 Å². The first kappa shape index (κ1) is 22.5. The molecule has 1 aliphatic rings. The Morgan fingerprint density at radius 3 is 2.73 bits per heavy atom. The minimum Gasteiger partial charge on any atom is -0.493 e. The molecular weight excluding hydrogens is 380 g/mol. The van der Waals surface area contributed by atoms with Crippen molar-refractivity contribution in [1.82, 2.24) is 25.5 Å². The number of hydrogen-bond acceptors (Lipinski definition) is 7. The average molecular weight is 417 g/mol. The molecule has 0 aliphatic heterocycles. The summed E-state index contributed by atoms with van der Waals surface area (Å²) >= 11 is 0. The van der Waals surface area contributed by atoms with E-state index in [4.69, 9.17) is 15.2 Å². The van der Waals surface area contributed by atoms with Gasteiger partial charge >= 0.3 is 0 Å². The first-order valence-corrected chi connectivity index (χ1v) is 11.1. The molecule has 0 bridgehead atoms. The Bertz CT molecular complexity index is 781. The van der Waals surface area contributed by atoms with Crippen molar-refractivity contribution in [1.29, 1.82) is 0 Å². The molecule has 1 aromatic carbocycles. The number of nitrogens with zero attached hydrogens (tertiary/aromatic N) is 4. The van der Waals surface area contributed by atoms with E-state index in [1.54, 1.807) is 14.2 Å². The molecule has 0 spiro atoms. The summed E-state index contributed by atoms with van der Waals surface area (Å²) in [5.74, 6) is 3.51. The normalized spacial score (nSPS) is 20.1. The maximum atomic E-state index is 5.94. The number of hydrogen-bond donors (Lipinski definition) is 2. The van der Waals surface area contributed by atoms with Crippen LogP contribution in [0.15, 0.2) is 18.2 Å². The number of methoxy groups -OCH3 is 2. The second-order valence-electron chi connectivity index (χ2n) is 8.20. The highest BCUT2D eigenvalue weighted by Crippen LogP contribution is 2.33. The van der Waals surface area contributed by atoms with Crippen LogP contribution in [-0.2, 0) is 6.54 Å². The van der Waals surface area contributed by atoms with Gasteiger partial charge in [-0.15, -0.1) is 5.10 Å². The van der Waals surface area contributed by atoms with Crippen molar-refractivity contribution in [3.8, 4) is 11.5 Å². The average Bonchev–Trinajstić information content (AvgIpc) is 3.26. The topological polar surface area (TPSA) is 100 Å². The van der Waals surface area contributed by atoms with E-state index in [0.29, 0.717) is 23.3 Å². The monoisotopic (exact) mass is 416 g/mol. The molecule has 1 aromatic heterocycles. The van der Waals surface area contributed by atoms with Gasteiger partial charge in [-0.05, 0) is 78.7 Å². The first-order valence-electron chi connectivity index (χ1n) is 11.1. The smallest absolute Gasteiger partial charge is 0.172 e. The summed E-state index contributed by atoms with van der Waals surface area (Å²) < 4.78 is 12.9. The van der Waals surface area contributed by atoms with E-state index in [1.165, 1.54) is 25.7 Å². The lowest BCUT2D eigenvalue weighted by atomic mass is 9.81. The summed E-state index contributed by atoms with van der Waals surface area (Å²) in [6.07, 6.45) is 7.06. The molecule has 3 atom stereocenters. The summed E-state index contributed by atoms with van der Waals surface area (Å²) in [7, 11) is 3.31. The summed E-state index contributed by atoms with van der Waals surface area (Å²) in [5.41, 5.74) is 7.00. The molecule has 8 nitrogen and oxygen atoms in total. The van der Waals surface area contributed by atoms with Crippen LogP contribution in [0, 0.1) is 11.8 Å². The SMILES string of the molecule is CCCCn1nnnc1C(NCC1CCCC(CN)C1)c1ccc(OC)c(OC)c1. The molecule has 0 amide bonds. The molecule has 8 heteroatoms. The van der Waals surface area contributed by atoms with E-state index < -0.39 is 0 Å². The van der Waals surface area contributed by atoms with Crippen molar-refractivity contribution < 1.29 is 9.47 Å². The van der Waals surface area contributed by atoms with Crippen molar-refractivity contribution in [3.63, 3.8) is 0 Å². The summed E-state index contributed by atoms with van der Waals surface area (Å²) in [4.78, 5) is 0. The van der Waals surface area contributed by atoms with Crippen molar-refractivity contribution in [2.24, 2.45) is 17.6 Å². The lowest BCUT2D eigenvalue weighted by Crippen LogP contribution is -2.33. The Kier molecular flexibility index (Phi) is 8.45. The van der Waals surface area contributed by atoms with Crippen molar-refractivity contribution in [2.75, 3.05) is 27.3 Å². The van der Waals surface area contributed by atoms with E-state index in [0.717, 1.165) is 43.9 Å². The highest BCUT2D eigenvalue weighted by Gasteiger charge is 2.26. The van der Waals surface area contributed by atoms with Gasteiger partial charge in [0.25, 0.3) is 0 Å². The maximum absolute atomic E-state index is 5.94. The molecule has 3 unspecified atom stereocenters. The highest BCUT2D eigenvalue weighted by molar-refractivity contribution is 5.44. The van der Waals surface area contributed by atoms with E-state index in [1.807, 2.05) is 16.8 Å². The number of aryl methyl sites for hydroxylation is 1. The number of aromatic nitrogens is 4. The molecule has 1 saturated carbocycles. The van der Waals surface area contributed by atoms with E-state index >= 15 is 0 Å². The van der Waals surface area contributed by atoms with Gasteiger partial charge in [0.1, 0.15) is 0 Å². The van der Waals surface area contributed by atoms with Gasteiger partial charge in [-0.1, -0.05) is 25.8 Å². The standard InChI is InChI=1S/C22H36N6O2/c1-4-5-11-28-22(25-26-27-28)21(18-9-10-19(29-2)20(13-18)30-3)24-15-17-8-6-7-16(12-17)14-23/h9-10,13,16-17,21,24H,4-8,11-12,14-15,23H2,1-3H3. The molecule has 166 valence electrons. The fourth-order valence-corrected chi connectivity index (χ4v) is 4.36. The fraction of sp³-hybridized carbons (Fsp3) is 0.682. The van der Waals surface area contributed by atoms with Crippen LogP contribution in [-0.4, -0.2) is 47.5 Å². The van der Waals surface area contributed by atoms with Gasteiger partial charge in [-0.3, -0.25) is 0 Å². The van der Waals surface area contributed by atoms with Crippen LogP contribution in [0.4, 0.5) is 0 Å². The lowest BCUT2D eigenvalue weighted by Gasteiger charge is -2.30. The van der Waals surface area contributed by atoms with Crippen LogP contribution in [0.25, 0.3) is 0 Å². The Morgan fingerprint density at radius 2 is 2.00 bits per heavy atom. The second-order valence-corrected chi connectivity index (χ2v) is 8.20. The second kappa shape index (κ2) is 11.3. The van der Waals surface area contributed by atoms with Crippen LogP contribution in [0.5, 0.6) is 11.5 Å². The largest absolute Gasteiger partial charge is 0.493 e. The number of benzene rings is 1. The van der Waals surface area contributed by atoms with Crippen LogP contribution >= 0.6 is 0 Å². The zero-order valence-corrected chi connectivity index (χ0v) is 18.5. The molecule has 2 aromatic rings. The van der Waals surface area contributed by atoms with Crippen LogP contribution < -0.4 is 20.5 Å².